The van der Waals surface area contributed by atoms with Crippen molar-refractivity contribution in [3.63, 3.8) is 0 Å². The Hall–Kier alpha value is -1.89. The molecule has 7 heteroatoms. The molecule has 1 heterocycles. The predicted octanol–water partition coefficient (Wildman–Crippen LogP) is 0.541. The third kappa shape index (κ3) is 5.52. The molecule has 1 aromatic heterocycles. The summed E-state index contributed by atoms with van der Waals surface area (Å²) in [6.07, 6.45) is 0.0712. The van der Waals surface area contributed by atoms with Crippen molar-refractivity contribution >= 4 is 17.6 Å². The van der Waals surface area contributed by atoms with E-state index in [0.29, 0.717) is 18.0 Å². The van der Waals surface area contributed by atoms with Gasteiger partial charge in [0.1, 0.15) is 5.76 Å². The highest BCUT2D eigenvalue weighted by Gasteiger charge is 2.14. The molecule has 1 unspecified atom stereocenters. The minimum absolute atomic E-state index is 0.0649. The van der Waals surface area contributed by atoms with Crippen molar-refractivity contribution in [2.75, 3.05) is 18.9 Å². The zero-order valence-electron chi connectivity index (χ0n) is 11.3. The first-order chi connectivity index (χ1) is 8.88. The second-order valence-corrected chi connectivity index (χ2v) is 4.51. The van der Waals surface area contributed by atoms with E-state index in [-0.39, 0.29) is 24.8 Å². The van der Waals surface area contributed by atoms with Gasteiger partial charge in [0.05, 0.1) is 12.6 Å². The standard InChI is InChI=1S/C12H19N3O4/c1-8(16)4-5-12(18)15(3)7-11(17)13-10-6-9(2)19-14-10/h6,8,16H,4-5,7H2,1-3H3,(H,13,14,17). The van der Waals surface area contributed by atoms with E-state index in [2.05, 4.69) is 10.5 Å². The van der Waals surface area contributed by atoms with E-state index in [9.17, 15) is 9.59 Å². The monoisotopic (exact) mass is 269 g/mol. The molecule has 0 bridgehead atoms. The Balaban J connectivity index is 2.37. The van der Waals surface area contributed by atoms with Crippen LogP contribution in [0.25, 0.3) is 0 Å². The van der Waals surface area contributed by atoms with Crippen LogP contribution in [0.5, 0.6) is 0 Å². The second kappa shape index (κ2) is 6.89. The van der Waals surface area contributed by atoms with Gasteiger partial charge in [0.25, 0.3) is 0 Å². The Morgan fingerprint density at radius 1 is 1.58 bits per heavy atom. The van der Waals surface area contributed by atoms with E-state index < -0.39 is 6.10 Å². The highest BCUT2D eigenvalue weighted by atomic mass is 16.5. The van der Waals surface area contributed by atoms with Gasteiger partial charge in [-0.2, -0.15) is 0 Å². The molecule has 0 aliphatic carbocycles. The molecule has 0 saturated heterocycles. The number of hydrogen-bond acceptors (Lipinski definition) is 5. The summed E-state index contributed by atoms with van der Waals surface area (Å²) >= 11 is 0. The lowest BCUT2D eigenvalue weighted by Crippen LogP contribution is -2.35. The van der Waals surface area contributed by atoms with Crippen LogP contribution in [0.1, 0.15) is 25.5 Å². The number of aryl methyl sites for hydroxylation is 1. The number of nitrogens with zero attached hydrogens (tertiary/aromatic N) is 2. The lowest BCUT2D eigenvalue weighted by Gasteiger charge is -2.16. The molecule has 0 saturated carbocycles. The number of aromatic nitrogens is 1. The van der Waals surface area contributed by atoms with E-state index in [1.165, 1.54) is 11.9 Å². The third-order valence-electron chi connectivity index (χ3n) is 2.48. The van der Waals surface area contributed by atoms with E-state index in [1.54, 1.807) is 19.9 Å². The molecule has 0 aromatic carbocycles. The number of rotatable bonds is 6. The molecule has 2 N–H and O–H groups in total. The van der Waals surface area contributed by atoms with Crippen LogP contribution in [0.3, 0.4) is 0 Å². The zero-order chi connectivity index (χ0) is 14.4. The Kier molecular flexibility index (Phi) is 5.50. The van der Waals surface area contributed by atoms with E-state index in [4.69, 9.17) is 9.63 Å². The van der Waals surface area contributed by atoms with Crippen molar-refractivity contribution in [1.29, 1.82) is 0 Å². The Morgan fingerprint density at radius 3 is 2.79 bits per heavy atom. The molecule has 2 amide bonds. The third-order valence-corrected chi connectivity index (χ3v) is 2.48. The van der Waals surface area contributed by atoms with Crippen LogP contribution in [0.2, 0.25) is 0 Å². The van der Waals surface area contributed by atoms with Crippen molar-refractivity contribution in [2.24, 2.45) is 0 Å². The van der Waals surface area contributed by atoms with Gasteiger partial charge in [-0.05, 0) is 20.3 Å². The maximum absolute atomic E-state index is 11.6. The van der Waals surface area contributed by atoms with Crippen molar-refractivity contribution in [2.45, 2.75) is 32.8 Å². The normalized spacial score (nSPS) is 12.0. The first-order valence-corrected chi connectivity index (χ1v) is 6.03. The molecule has 1 rings (SSSR count). The number of amides is 2. The van der Waals surface area contributed by atoms with Gasteiger partial charge in [-0.25, -0.2) is 0 Å². The summed E-state index contributed by atoms with van der Waals surface area (Å²) in [5.41, 5.74) is 0. The van der Waals surface area contributed by atoms with Crippen molar-refractivity contribution in [3.05, 3.63) is 11.8 Å². The highest BCUT2D eigenvalue weighted by molar-refractivity contribution is 5.93. The Morgan fingerprint density at radius 2 is 2.26 bits per heavy atom. The number of aliphatic hydroxyl groups excluding tert-OH is 1. The van der Waals surface area contributed by atoms with Gasteiger partial charge >= 0.3 is 0 Å². The van der Waals surface area contributed by atoms with E-state index in [0.717, 1.165) is 0 Å². The van der Waals surface area contributed by atoms with Crippen LogP contribution in [-0.2, 0) is 9.59 Å². The number of carbonyl (C=O) groups excluding carboxylic acids is 2. The van der Waals surface area contributed by atoms with Gasteiger partial charge in [-0.3, -0.25) is 9.59 Å². The van der Waals surface area contributed by atoms with Crippen LogP contribution < -0.4 is 5.32 Å². The fraction of sp³-hybridized carbons (Fsp3) is 0.583. The maximum atomic E-state index is 11.6. The Labute approximate surface area is 111 Å². The number of likely N-dealkylation sites (N-methyl/N-ethyl adjacent to an activating group) is 1. The highest BCUT2D eigenvalue weighted by Crippen LogP contribution is 2.07. The quantitative estimate of drug-likeness (QED) is 0.786. The second-order valence-electron chi connectivity index (χ2n) is 4.51. The molecule has 106 valence electrons. The lowest BCUT2D eigenvalue weighted by molar-refractivity contribution is -0.133. The Bertz CT molecular complexity index is 442. The van der Waals surface area contributed by atoms with Gasteiger partial charge in [-0.1, -0.05) is 5.16 Å². The molecule has 7 nitrogen and oxygen atoms in total. The van der Waals surface area contributed by atoms with Gasteiger partial charge < -0.3 is 19.8 Å². The summed E-state index contributed by atoms with van der Waals surface area (Å²) in [4.78, 5) is 24.6. The van der Waals surface area contributed by atoms with Crippen LogP contribution in [0, 0.1) is 6.92 Å². The first kappa shape index (κ1) is 15.2. The number of nitrogens with one attached hydrogen (secondary N) is 1. The minimum atomic E-state index is -0.524. The van der Waals surface area contributed by atoms with Crippen LogP contribution >= 0.6 is 0 Å². The lowest BCUT2D eigenvalue weighted by atomic mass is 10.2. The van der Waals surface area contributed by atoms with E-state index in [1.807, 2.05) is 0 Å². The minimum Gasteiger partial charge on any atom is -0.393 e. The largest absolute Gasteiger partial charge is 0.393 e. The smallest absolute Gasteiger partial charge is 0.245 e. The van der Waals surface area contributed by atoms with Crippen LogP contribution in [0.15, 0.2) is 10.6 Å². The zero-order valence-corrected chi connectivity index (χ0v) is 11.3. The molecule has 0 aliphatic heterocycles. The van der Waals surface area contributed by atoms with E-state index >= 15 is 0 Å². The molecular weight excluding hydrogens is 250 g/mol. The van der Waals surface area contributed by atoms with Gasteiger partial charge in [0.2, 0.25) is 11.8 Å². The molecule has 19 heavy (non-hydrogen) atoms. The topological polar surface area (TPSA) is 95.7 Å². The summed E-state index contributed by atoms with van der Waals surface area (Å²) in [5.74, 6) is 0.387. The average molecular weight is 269 g/mol. The number of anilines is 1. The van der Waals surface area contributed by atoms with Crippen molar-refractivity contribution in [1.82, 2.24) is 10.1 Å². The summed E-state index contributed by atoms with van der Waals surface area (Å²) in [7, 11) is 1.54. The van der Waals surface area contributed by atoms with Crippen molar-refractivity contribution < 1.29 is 19.2 Å². The molecule has 0 fully saturated rings. The summed E-state index contributed by atoms with van der Waals surface area (Å²) in [6.45, 7) is 3.27. The fourth-order valence-corrected chi connectivity index (χ4v) is 1.43. The SMILES string of the molecule is Cc1cc(NC(=O)CN(C)C(=O)CCC(C)O)no1. The molecular formula is C12H19N3O4. The number of carbonyl (C=O) groups is 2. The molecule has 0 radical (unpaired) electrons. The molecule has 1 aromatic rings. The average Bonchev–Trinajstić information content (AvgIpc) is 2.71. The number of aliphatic hydroxyl groups is 1. The first-order valence-electron chi connectivity index (χ1n) is 6.03. The summed E-state index contributed by atoms with van der Waals surface area (Å²) in [5, 5.41) is 15.2. The predicted molar refractivity (Wildman–Crippen MR) is 68.4 cm³/mol. The van der Waals surface area contributed by atoms with Gasteiger partial charge in [0, 0.05) is 19.5 Å². The fourth-order valence-electron chi connectivity index (χ4n) is 1.43. The molecule has 0 aliphatic rings. The number of hydrogen-bond donors (Lipinski definition) is 2. The summed E-state index contributed by atoms with van der Waals surface area (Å²) in [6, 6.07) is 1.59. The molecule has 0 spiro atoms. The van der Waals surface area contributed by atoms with Crippen molar-refractivity contribution in [3.8, 4) is 0 Å². The molecule has 1 atom stereocenters. The summed E-state index contributed by atoms with van der Waals surface area (Å²) < 4.78 is 4.81. The van der Waals surface area contributed by atoms with Gasteiger partial charge in [0.15, 0.2) is 5.82 Å². The van der Waals surface area contributed by atoms with Crippen LogP contribution in [0.4, 0.5) is 5.82 Å². The van der Waals surface area contributed by atoms with Crippen LogP contribution in [-0.4, -0.2) is 46.7 Å². The van der Waals surface area contributed by atoms with Gasteiger partial charge in [-0.15, -0.1) is 0 Å². The maximum Gasteiger partial charge on any atom is 0.245 e.